The number of amides is 1. The van der Waals surface area contributed by atoms with Crippen LogP contribution in [-0.2, 0) is 4.74 Å². The van der Waals surface area contributed by atoms with Crippen LogP contribution >= 0.6 is 0 Å². The van der Waals surface area contributed by atoms with E-state index in [1.54, 1.807) is 11.1 Å². The Labute approximate surface area is 120 Å². The Bertz CT molecular complexity index is 434. The van der Waals surface area contributed by atoms with Crippen LogP contribution in [0.1, 0.15) is 33.6 Å². The molecular weight excluding hydrogens is 254 g/mol. The minimum Gasteiger partial charge on any atom is -0.444 e. The molecule has 0 radical (unpaired) electrons. The van der Waals surface area contributed by atoms with E-state index in [4.69, 9.17) is 4.74 Å². The molecule has 1 aliphatic rings. The van der Waals surface area contributed by atoms with E-state index in [-0.39, 0.29) is 6.09 Å². The molecule has 0 bridgehead atoms. The van der Waals surface area contributed by atoms with Crippen molar-refractivity contribution in [1.29, 1.82) is 0 Å². The average Bonchev–Trinajstić information content (AvgIpc) is 2.39. The molecule has 1 N–H and O–H groups in total. The van der Waals surface area contributed by atoms with Gasteiger partial charge in [-0.1, -0.05) is 0 Å². The predicted octanol–water partition coefficient (Wildman–Crippen LogP) is 2.89. The summed E-state index contributed by atoms with van der Waals surface area (Å²) in [4.78, 5) is 17.8. The molecule has 0 spiro atoms. The number of carbonyl (C=O) groups excluding carboxylic acids is 1. The number of nitrogens with zero attached hydrogens (tertiary/aromatic N) is 2. The number of hydrogen-bond donors (Lipinski definition) is 1. The van der Waals surface area contributed by atoms with Crippen LogP contribution in [0.3, 0.4) is 0 Å². The number of piperidine rings is 1. The van der Waals surface area contributed by atoms with Gasteiger partial charge in [0.25, 0.3) is 0 Å². The van der Waals surface area contributed by atoms with Crippen LogP contribution in [0.2, 0.25) is 0 Å². The number of pyridine rings is 1. The molecule has 2 heterocycles. The van der Waals surface area contributed by atoms with E-state index in [1.807, 2.05) is 39.1 Å². The van der Waals surface area contributed by atoms with Crippen molar-refractivity contribution in [3.63, 3.8) is 0 Å². The lowest BCUT2D eigenvalue weighted by atomic mass is 10.1. The van der Waals surface area contributed by atoms with Gasteiger partial charge in [0, 0.05) is 31.5 Å². The Kier molecular flexibility index (Phi) is 4.47. The number of ether oxygens (including phenoxy) is 1. The Morgan fingerprint density at radius 2 is 2.10 bits per heavy atom. The van der Waals surface area contributed by atoms with Gasteiger partial charge in [0.05, 0.1) is 5.69 Å². The molecule has 1 saturated heterocycles. The van der Waals surface area contributed by atoms with Crippen molar-refractivity contribution in [1.82, 2.24) is 9.88 Å². The van der Waals surface area contributed by atoms with Crippen LogP contribution in [-0.4, -0.2) is 40.7 Å². The molecule has 1 aromatic rings. The van der Waals surface area contributed by atoms with Crippen molar-refractivity contribution in [3.8, 4) is 0 Å². The lowest BCUT2D eigenvalue weighted by Crippen LogP contribution is -2.44. The summed E-state index contributed by atoms with van der Waals surface area (Å²) in [6.07, 6.45) is 5.22. The summed E-state index contributed by atoms with van der Waals surface area (Å²) in [5, 5.41) is 3.45. The first-order valence-electron chi connectivity index (χ1n) is 7.08. The SMILES string of the molecule is CC(C)(C)OC(=O)N1CCC(Nc2cccnc2)CC1. The van der Waals surface area contributed by atoms with Gasteiger partial charge in [-0.15, -0.1) is 0 Å². The van der Waals surface area contributed by atoms with Crippen molar-refractivity contribution < 1.29 is 9.53 Å². The highest BCUT2D eigenvalue weighted by molar-refractivity contribution is 5.68. The van der Waals surface area contributed by atoms with Gasteiger partial charge in [-0.25, -0.2) is 4.79 Å². The Balaban J connectivity index is 1.79. The van der Waals surface area contributed by atoms with Gasteiger partial charge in [-0.05, 0) is 45.7 Å². The molecule has 110 valence electrons. The Hall–Kier alpha value is -1.78. The molecule has 1 aromatic heterocycles. The zero-order valence-corrected chi connectivity index (χ0v) is 12.4. The fourth-order valence-corrected chi connectivity index (χ4v) is 2.22. The summed E-state index contributed by atoms with van der Waals surface area (Å²) < 4.78 is 5.39. The summed E-state index contributed by atoms with van der Waals surface area (Å²) in [5.41, 5.74) is 0.602. The maximum atomic E-state index is 12.0. The largest absolute Gasteiger partial charge is 0.444 e. The molecule has 0 atom stereocenters. The molecule has 5 nitrogen and oxygen atoms in total. The number of nitrogens with one attached hydrogen (secondary N) is 1. The fraction of sp³-hybridized carbons (Fsp3) is 0.600. The van der Waals surface area contributed by atoms with E-state index in [0.29, 0.717) is 6.04 Å². The molecule has 20 heavy (non-hydrogen) atoms. The van der Waals surface area contributed by atoms with Crippen LogP contribution in [0.25, 0.3) is 0 Å². The third-order valence-corrected chi connectivity index (χ3v) is 3.18. The second-order valence-electron chi connectivity index (χ2n) is 6.13. The van der Waals surface area contributed by atoms with Crippen LogP contribution in [0.15, 0.2) is 24.5 Å². The number of rotatable bonds is 2. The van der Waals surface area contributed by atoms with Crippen LogP contribution < -0.4 is 5.32 Å². The maximum absolute atomic E-state index is 12.0. The summed E-state index contributed by atoms with van der Waals surface area (Å²) >= 11 is 0. The third-order valence-electron chi connectivity index (χ3n) is 3.18. The summed E-state index contributed by atoms with van der Waals surface area (Å²) in [6.45, 7) is 7.13. The lowest BCUT2D eigenvalue weighted by Gasteiger charge is -2.34. The van der Waals surface area contributed by atoms with Gasteiger partial charge >= 0.3 is 6.09 Å². The number of likely N-dealkylation sites (tertiary alicyclic amines) is 1. The highest BCUT2D eigenvalue weighted by atomic mass is 16.6. The number of hydrogen-bond acceptors (Lipinski definition) is 4. The van der Waals surface area contributed by atoms with E-state index >= 15 is 0 Å². The second-order valence-corrected chi connectivity index (χ2v) is 6.13. The van der Waals surface area contributed by atoms with Crippen LogP contribution in [0, 0.1) is 0 Å². The molecule has 0 aliphatic carbocycles. The lowest BCUT2D eigenvalue weighted by molar-refractivity contribution is 0.0210. The van der Waals surface area contributed by atoms with Crippen molar-refractivity contribution in [2.75, 3.05) is 18.4 Å². The van der Waals surface area contributed by atoms with E-state index in [9.17, 15) is 4.79 Å². The van der Waals surface area contributed by atoms with Crippen LogP contribution in [0.4, 0.5) is 10.5 Å². The van der Waals surface area contributed by atoms with Gasteiger partial charge in [0.15, 0.2) is 0 Å². The summed E-state index contributed by atoms with van der Waals surface area (Å²) in [7, 11) is 0. The Morgan fingerprint density at radius 3 is 2.65 bits per heavy atom. The zero-order valence-electron chi connectivity index (χ0n) is 12.4. The van der Waals surface area contributed by atoms with Crippen molar-refractivity contribution in [3.05, 3.63) is 24.5 Å². The molecule has 0 unspecified atom stereocenters. The van der Waals surface area contributed by atoms with E-state index < -0.39 is 5.60 Å². The van der Waals surface area contributed by atoms with Gasteiger partial charge in [-0.3, -0.25) is 4.98 Å². The second kappa shape index (κ2) is 6.11. The standard InChI is InChI=1S/C15H23N3O2/c1-15(2,3)20-14(19)18-9-6-12(7-10-18)17-13-5-4-8-16-11-13/h4-5,8,11-12,17H,6-7,9-10H2,1-3H3. The van der Waals surface area contributed by atoms with Crippen molar-refractivity contribution >= 4 is 11.8 Å². The normalized spacial score (nSPS) is 16.9. The van der Waals surface area contributed by atoms with Gasteiger partial charge < -0.3 is 15.0 Å². The van der Waals surface area contributed by atoms with E-state index in [1.165, 1.54) is 0 Å². The first-order chi connectivity index (χ1) is 9.44. The van der Waals surface area contributed by atoms with Crippen molar-refractivity contribution in [2.24, 2.45) is 0 Å². The fourth-order valence-electron chi connectivity index (χ4n) is 2.22. The molecule has 0 saturated carbocycles. The van der Waals surface area contributed by atoms with Gasteiger partial charge in [-0.2, -0.15) is 0 Å². The highest BCUT2D eigenvalue weighted by Gasteiger charge is 2.26. The molecule has 5 heteroatoms. The first kappa shape index (κ1) is 14.6. The molecular formula is C15H23N3O2. The predicted molar refractivity (Wildman–Crippen MR) is 78.7 cm³/mol. The van der Waals surface area contributed by atoms with Gasteiger partial charge in [0.1, 0.15) is 5.60 Å². The highest BCUT2D eigenvalue weighted by Crippen LogP contribution is 2.18. The number of aromatic nitrogens is 1. The summed E-state index contributed by atoms with van der Waals surface area (Å²) in [5.74, 6) is 0. The molecule has 2 rings (SSSR count). The third kappa shape index (κ3) is 4.40. The average molecular weight is 277 g/mol. The minimum atomic E-state index is -0.429. The van der Waals surface area contributed by atoms with E-state index in [0.717, 1.165) is 31.6 Å². The molecule has 0 aromatic carbocycles. The number of anilines is 1. The molecule has 1 amide bonds. The quantitative estimate of drug-likeness (QED) is 0.903. The first-order valence-corrected chi connectivity index (χ1v) is 7.08. The molecule has 1 aliphatic heterocycles. The van der Waals surface area contributed by atoms with Crippen LogP contribution in [0.5, 0.6) is 0 Å². The van der Waals surface area contributed by atoms with Gasteiger partial charge in [0.2, 0.25) is 0 Å². The zero-order chi connectivity index (χ0) is 14.6. The topological polar surface area (TPSA) is 54.5 Å². The Morgan fingerprint density at radius 1 is 1.40 bits per heavy atom. The smallest absolute Gasteiger partial charge is 0.410 e. The minimum absolute atomic E-state index is 0.211. The molecule has 1 fully saturated rings. The summed E-state index contributed by atoms with van der Waals surface area (Å²) in [6, 6.07) is 4.31. The van der Waals surface area contributed by atoms with E-state index in [2.05, 4.69) is 10.3 Å². The maximum Gasteiger partial charge on any atom is 0.410 e. The number of carbonyl (C=O) groups is 1. The monoisotopic (exact) mass is 277 g/mol. The van der Waals surface area contributed by atoms with Crippen molar-refractivity contribution in [2.45, 2.75) is 45.3 Å².